The summed E-state index contributed by atoms with van der Waals surface area (Å²) < 4.78 is 31.8. The fourth-order valence-electron chi connectivity index (χ4n) is 1.94. The fraction of sp³-hybridized carbons (Fsp3) is 0.562. The van der Waals surface area contributed by atoms with E-state index in [1.54, 1.807) is 18.2 Å². The molecule has 9 heteroatoms. The van der Waals surface area contributed by atoms with Crippen LogP contribution in [0.4, 0.5) is 0 Å². The lowest BCUT2D eigenvalue weighted by atomic mass is 10.2. The molecule has 25 heavy (non-hydrogen) atoms. The van der Waals surface area contributed by atoms with E-state index in [-0.39, 0.29) is 41.5 Å². The number of hydrogen-bond acceptors (Lipinski definition) is 4. The number of benzene rings is 1. The van der Waals surface area contributed by atoms with E-state index in [0.29, 0.717) is 19.1 Å². The maximum absolute atomic E-state index is 12.2. The van der Waals surface area contributed by atoms with Crippen LogP contribution in [-0.2, 0) is 21.3 Å². The highest BCUT2D eigenvalue weighted by atomic mass is 127. The lowest BCUT2D eigenvalue weighted by molar-refractivity contribution is 0.204. The average Bonchev–Trinajstić information content (AvgIpc) is 2.53. The predicted molar refractivity (Wildman–Crippen MR) is 112 cm³/mol. The SMILES string of the molecule is CCNC(=NCc1cccc(S(=O)(=O)NCCOC)c1)NC(C)C.I. The maximum Gasteiger partial charge on any atom is 0.240 e. The minimum absolute atomic E-state index is 0. The van der Waals surface area contributed by atoms with Gasteiger partial charge in [0.2, 0.25) is 10.0 Å². The Labute approximate surface area is 168 Å². The van der Waals surface area contributed by atoms with E-state index in [1.807, 2.05) is 26.8 Å². The number of guanidine groups is 1. The summed E-state index contributed by atoms with van der Waals surface area (Å²) in [4.78, 5) is 4.71. The first kappa shape index (κ1) is 24.1. The second-order valence-electron chi connectivity index (χ2n) is 5.53. The zero-order chi connectivity index (χ0) is 18.0. The Bertz CT molecular complexity index is 636. The normalized spacial score (nSPS) is 12.0. The Balaban J connectivity index is 0.00000576. The smallest absolute Gasteiger partial charge is 0.240 e. The second-order valence-corrected chi connectivity index (χ2v) is 7.30. The molecule has 144 valence electrons. The summed E-state index contributed by atoms with van der Waals surface area (Å²) in [7, 11) is -2.00. The highest BCUT2D eigenvalue weighted by molar-refractivity contribution is 14.0. The van der Waals surface area contributed by atoms with Gasteiger partial charge in [-0.3, -0.25) is 0 Å². The lowest BCUT2D eigenvalue weighted by Crippen LogP contribution is -2.41. The van der Waals surface area contributed by atoms with Crippen molar-refractivity contribution in [1.29, 1.82) is 0 Å². The van der Waals surface area contributed by atoms with Gasteiger partial charge < -0.3 is 15.4 Å². The molecule has 0 fully saturated rings. The van der Waals surface area contributed by atoms with E-state index >= 15 is 0 Å². The summed E-state index contributed by atoms with van der Waals surface area (Å²) in [6, 6.07) is 7.05. The molecule has 0 atom stereocenters. The number of sulfonamides is 1. The van der Waals surface area contributed by atoms with Crippen LogP contribution in [0.15, 0.2) is 34.2 Å². The van der Waals surface area contributed by atoms with Gasteiger partial charge in [-0.2, -0.15) is 0 Å². The van der Waals surface area contributed by atoms with Gasteiger partial charge in [0.05, 0.1) is 18.0 Å². The fourth-order valence-corrected chi connectivity index (χ4v) is 3.02. The van der Waals surface area contributed by atoms with Crippen molar-refractivity contribution in [3.63, 3.8) is 0 Å². The van der Waals surface area contributed by atoms with E-state index in [4.69, 9.17) is 4.74 Å². The van der Waals surface area contributed by atoms with Crippen molar-refractivity contribution >= 4 is 40.0 Å². The molecule has 7 nitrogen and oxygen atoms in total. The minimum Gasteiger partial charge on any atom is -0.383 e. The van der Waals surface area contributed by atoms with Crippen molar-refractivity contribution < 1.29 is 13.2 Å². The van der Waals surface area contributed by atoms with E-state index < -0.39 is 10.0 Å². The van der Waals surface area contributed by atoms with Gasteiger partial charge in [0.1, 0.15) is 0 Å². The van der Waals surface area contributed by atoms with Crippen LogP contribution < -0.4 is 15.4 Å². The van der Waals surface area contributed by atoms with Crippen molar-refractivity contribution in [2.45, 2.75) is 38.3 Å². The van der Waals surface area contributed by atoms with E-state index in [9.17, 15) is 8.42 Å². The third-order valence-electron chi connectivity index (χ3n) is 3.00. The molecule has 0 saturated carbocycles. The molecule has 1 aromatic carbocycles. The van der Waals surface area contributed by atoms with Crippen LogP contribution in [0.25, 0.3) is 0 Å². The largest absolute Gasteiger partial charge is 0.383 e. The van der Waals surface area contributed by atoms with E-state index in [2.05, 4.69) is 20.3 Å². The summed E-state index contributed by atoms with van der Waals surface area (Å²) in [6.45, 7) is 7.79. The molecule has 0 aliphatic heterocycles. The first-order valence-corrected chi connectivity index (χ1v) is 9.49. The van der Waals surface area contributed by atoms with Crippen LogP contribution in [0.2, 0.25) is 0 Å². The van der Waals surface area contributed by atoms with Crippen LogP contribution in [0.5, 0.6) is 0 Å². The first-order chi connectivity index (χ1) is 11.4. The summed E-state index contributed by atoms with van der Waals surface area (Å²) in [5.41, 5.74) is 0.825. The molecule has 0 aliphatic carbocycles. The Morgan fingerprint density at radius 2 is 2.04 bits per heavy atom. The zero-order valence-electron chi connectivity index (χ0n) is 15.2. The van der Waals surface area contributed by atoms with Gasteiger partial charge in [0.15, 0.2) is 5.96 Å². The van der Waals surface area contributed by atoms with Gasteiger partial charge >= 0.3 is 0 Å². The first-order valence-electron chi connectivity index (χ1n) is 8.01. The molecule has 0 aromatic heterocycles. The van der Waals surface area contributed by atoms with Gasteiger partial charge in [-0.05, 0) is 38.5 Å². The maximum atomic E-state index is 12.2. The molecule has 0 radical (unpaired) electrons. The third kappa shape index (κ3) is 9.38. The molecule has 0 unspecified atom stereocenters. The van der Waals surface area contributed by atoms with Crippen LogP contribution in [0.3, 0.4) is 0 Å². The predicted octanol–water partition coefficient (Wildman–Crippen LogP) is 1.69. The van der Waals surface area contributed by atoms with Crippen molar-refractivity contribution in [3.8, 4) is 0 Å². The van der Waals surface area contributed by atoms with Crippen LogP contribution in [-0.4, -0.2) is 47.2 Å². The molecule has 0 heterocycles. The molecule has 1 aromatic rings. The monoisotopic (exact) mass is 484 g/mol. The molecular weight excluding hydrogens is 455 g/mol. The molecule has 1 rings (SSSR count). The molecule has 0 spiro atoms. The van der Waals surface area contributed by atoms with Crippen molar-refractivity contribution in [3.05, 3.63) is 29.8 Å². The third-order valence-corrected chi connectivity index (χ3v) is 4.46. The molecule has 0 bridgehead atoms. The summed E-state index contributed by atoms with van der Waals surface area (Å²) in [6.07, 6.45) is 0. The van der Waals surface area contributed by atoms with Crippen LogP contribution in [0, 0.1) is 0 Å². The highest BCUT2D eigenvalue weighted by Crippen LogP contribution is 2.12. The Morgan fingerprint density at radius 3 is 2.64 bits per heavy atom. The van der Waals surface area contributed by atoms with Crippen molar-refractivity contribution in [2.24, 2.45) is 4.99 Å². The van der Waals surface area contributed by atoms with Gasteiger partial charge in [-0.1, -0.05) is 12.1 Å². The van der Waals surface area contributed by atoms with Crippen molar-refractivity contribution in [2.75, 3.05) is 26.8 Å². The quantitative estimate of drug-likeness (QED) is 0.215. The van der Waals surface area contributed by atoms with Crippen molar-refractivity contribution in [1.82, 2.24) is 15.4 Å². The number of methoxy groups -OCH3 is 1. The number of nitrogens with zero attached hydrogens (tertiary/aromatic N) is 1. The minimum atomic E-state index is -3.53. The van der Waals surface area contributed by atoms with Gasteiger partial charge in [0, 0.05) is 26.2 Å². The number of halogens is 1. The molecule has 0 aliphatic rings. The topological polar surface area (TPSA) is 91.8 Å². The van der Waals surface area contributed by atoms with E-state index in [0.717, 1.165) is 12.1 Å². The highest BCUT2D eigenvalue weighted by Gasteiger charge is 2.13. The Kier molecular flexibility index (Phi) is 12.0. The van der Waals surface area contributed by atoms with Gasteiger partial charge in [-0.25, -0.2) is 18.1 Å². The zero-order valence-corrected chi connectivity index (χ0v) is 18.4. The van der Waals surface area contributed by atoms with E-state index in [1.165, 1.54) is 7.11 Å². The van der Waals surface area contributed by atoms with Crippen LogP contribution in [0.1, 0.15) is 26.3 Å². The molecular formula is C16H29IN4O3S. The number of aliphatic imine (C=N–C) groups is 1. The molecule has 3 N–H and O–H groups in total. The van der Waals surface area contributed by atoms with Gasteiger partial charge in [-0.15, -0.1) is 24.0 Å². The standard InChI is InChI=1S/C16H28N4O3S.HI/c1-5-17-16(20-13(2)3)18-12-14-7-6-8-15(11-14)24(21,22)19-9-10-23-4;/h6-8,11,13,19H,5,9-10,12H2,1-4H3,(H2,17,18,20);1H. The lowest BCUT2D eigenvalue weighted by Gasteiger charge is -2.14. The summed E-state index contributed by atoms with van der Waals surface area (Å²) in [5, 5.41) is 6.38. The summed E-state index contributed by atoms with van der Waals surface area (Å²) >= 11 is 0. The van der Waals surface area contributed by atoms with Crippen LogP contribution >= 0.6 is 24.0 Å². The molecule has 0 amide bonds. The average molecular weight is 484 g/mol. The Morgan fingerprint density at radius 1 is 1.32 bits per heavy atom. The Hall–Kier alpha value is -0.910. The number of ether oxygens (including phenoxy) is 1. The number of rotatable bonds is 9. The second kappa shape index (κ2) is 12.4. The van der Waals surface area contributed by atoms with Gasteiger partial charge in [0.25, 0.3) is 0 Å². The summed E-state index contributed by atoms with van der Waals surface area (Å²) in [5.74, 6) is 0.707. The molecule has 0 saturated heterocycles. The number of nitrogens with one attached hydrogen (secondary N) is 3. The number of hydrogen-bond donors (Lipinski definition) is 3.